The van der Waals surface area contributed by atoms with Crippen molar-refractivity contribution in [3.63, 3.8) is 0 Å². The van der Waals surface area contributed by atoms with Gasteiger partial charge in [-0.25, -0.2) is 19.9 Å². The van der Waals surface area contributed by atoms with Crippen LogP contribution in [-0.2, 0) is 51.5 Å². The van der Waals surface area contributed by atoms with Crippen LogP contribution in [0.3, 0.4) is 0 Å². The van der Waals surface area contributed by atoms with Gasteiger partial charge in [-0.05, 0) is 209 Å². The molecule has 12 N–H and O–H groups in total. The molecule has 0 unspecified atom stereocenters. The van der Waals surface area contributed by atoms with Crippen molar-refractivity contribution in [2.75, 3.05) is 28.2 Å². The highest BCUT2D eigenvalue weighted by atomic mass is 79.9. The van der Waals surface area contributed by atoms with Crippen LogP contribution in [0.15, 0.2) is 241 Å². The maximum absolute atomic E-state index is 13.2. The Balaban J connectivity index is 0.000000173. The third-order valence-corrected chi connectivity index (χ3v) is 21.5. The lowest BCUT2D eigenvalue weighted by atomic mass is 10.0. The second kappa shape index (κ2) is 47.2. The quantitative estimate of drug-likeness (QED) is 0.0138. The molecule has 12 aromatic rings. The van der Waals surface area contributed by atoms with Gasteiger partial charge in [-0.3, -0.25) is 57.5 Å². The third-order valence-electron chi connectivity index (χ3n) is 20.9. The van der Waals surface area contributed by atoms with Crippen LogP contribution >= 0.6 is 27.5 Å². The van der Waals surface area contributed by atoms with Crippen molar-refractivity contribution >= 4 is 98.4 Å². The average Bonchev–Trinajstić information content (AvgIpc) is 1.68. The number of benzene rings is 4. The number of carbonyl (C=O) groups excluding carboxylic acids is 12. The van der Waals surface area contributed by atoms with E-state index >= 15 is 0 Å². The number of hydrogen-bond donors (Lipinski definition) is 12. The number of halogens is 6. The standard InChI is InChI=1S/C25H23F3N4O4.C24H23BrN4O4.C24H25ClN4O4.C24H25FN4O4/c1-29-24(35)21(15-8-9-15)32-23(34)19-11-10-18(36-19)16-5-2-4-14(12-16)13-30-22(33)17-6-3-7-20(31-17)25(26,27)28;1-26-24(32)21(15-8-9-15)29-23(31)19-11-10-18(33-19)16-5-2-4-14(12-16)13-27-22(30)17-6-3-7-20(25)28-17;2*1-14(2)21(24(32)26-3)29-23(31)19-11-10-18(33-19)16-7-4-6-15(12-16)13-27-22(30)17-8-5-9-20(25)28-17/h2-7,10-12,15,21H,8-9,13H2,1H3,(H,29,35)(H,30,33)(H,32,34);2-7,10-12,15,21H,8-9,13H2,1H3,(H,26,32)(H,27,30)(H,29,31);2*4-12,14,21H,13H2,1-3H3,(H,26,32)(H,27,30)(H,29,31)/t4*21-/m0000/s1. The second-order valence-corrected chi connectivity index (χ2v) is 32.8. The lowest BCUT2D eigenvalue weighted by Crippen LogP contribution is -2.48. The number of aromatic nitrogens is 4. The number of hydrogen-bond acceptors (Lipinski definition) is 20. The van der Waals surface area contributed by atoms with Gasteiger partial charge in [0.25, 0.3) is 47.3 Å². The monoisotopic (exact) mass is 1930 g/mol. The predicted octanol–water partition coefficient (Wildman–Crippen LogP) is 13.2. The van der Waals surface area contributed by atoms with Crippen LogP contribution in [0.5, 0.6) is 0 Å². The van der Waals surface area contributed by atoms with Gasteiger partial charge in [0.05, 0.1) is 0 Å². The zero-order valence-corrected chi connectivity index (χ0v) is 76.5. The average molecular weight is 1930 g/mol. The summed E-state index contributed by atoms with van der Waals surface area (Å²) in [4.78, 5) is 163. The van der Waals surface area contributed by atoms with Gasteiger partial charge in [0.2, 0.25) is 29.6 Å². The zero-order chi connectivity index (χ0) is 97.2. The fourth-order valence-electron chi connectivity index (χ4n) is 13.4. The van der Waals surface area contributed by atoms with E-state index in [0.717, 1.165) is 65.6 Å². The first-order chi connectivity index (χ1) is 64.6. The lowest BCUT2D eigenvalue weighted by Gasteiger charge is -2.19. The number of rotatable bonds is 32. The number of pyridine rings is 4. The Labute approximate surface area is 785 Å². The summed E-state index contributed by atoms with van der Waals surface area (Å²) in [5.74, 6) is -3.15. The molecule has 2 aliphatic rings. The Kier molecular flexibility index (Phi) is 35.1. The zero-order valence-electron chi connectivity index (χ0n) is 74.1. The van der Waals surface area contributed by atoms with E-state index in [1.54, 1.807) is 122 Å². The molecule has 8 heterocycles. The van der Waals surface area contributed by atoms with E-state index < -0.39 is 77.4 Å². The molecular weight excluding hydrogens is 1840 g/mol. The van der Waals surface area contributed by atoms with E-state index in [0.29, 0.717) is 56.6 Å². The van der Waals surface area contributed by atoms with Crippen LogP contribution in [0, 0.1) is 29.6 Å². The molecule has 4 atom stereocenters. The molecule has 702 valence electrons. The Morgan fingerprint density at radius 1 is 0.363 bits per heavy atom. The number of carbonyl (C=O) groups is 12. The summed E-state index contributed by atoms with van der Waals surface area (Å²) in [5, 5.41) is 32.2. The van der Waals surface area contributed by atoms with E-state index in [4.69, 9.17) is 29.3 Å². The fourth-order valence-corrected chi connectivity index (χ4v) is 13.9. The van der Waals surface area contributed by atoms with Gasteiger partial charge in [-0.1, -0.05) is 136 Å². The normalized spacial score (nSPS) is 12.8. The number of amides is 12. The highest BCUT2D eigenvalue weighted by Gasteiger charge is 2.40. The molecule has 8 aromatic heterocycles. The van der Waals surface area contributed by atoms with E-state index in [1.807, 2.05) is 82.3 Å². The first kappa shape index (κ1) is 100. The van der Waals surface area contributed by atoms with Gasteiger partial charge in [-0.15, -0.1) is 0 Å². The van der Waals surface area contributed by atoms with Crippen LogP contribution in [0.25, 0.3) is 45.3 Å². The largest absolute Gasteiger partial charge is 0.451 e. The summed E-state index contributed by atoms with van der Waals surface area (Å²) >= 11 is 9.09. The highest BCUT2D eigenvalue weighted by Crippen LogP contribution is 2.36. The molecule has 2 saturated carbocycles. The van der Waals surface area contributed by atoms with Crippen molar-refractivity contribution in [2.45, 2.75) is 110 Å². The van der Waals surface area contributed by atoms with Crippen molar-refractivity contribution < 1.29 is 92.8 Å². The van der Waals surface area contributed by atoms with Crippen LogP contribution in [0.1, 0.15) is 165 Å². The molecule has 0 spiro atoms. The molecule has 38 heteroatoms. The summed E-state index contributed by atoms with van der Waals surface area (Å²) in [7, 11) is 6.11. The van der Waals surface area contributed by atoms with Gasteiger partial charge in [0.1, 0.15) is 85.4 Å². The number of nitrogens with zero attached hydrogens (tertiary/aromatic N) is 4. The van der Waals surface area contributed by atoms with Gasteiger partial charge in [-0.2, -0.15) is 17.6 Å². The molecule has 0 radical (unpaired) electrons. The van der Waals surface area contributed by atoms with Crippen molar-refractivity contribution in [2.24, 2.45) is 23.7 Å². The first-order valence-corrected chi connectivity index (χ1v) is 43.7. The first-order valence-electron chi connectivity index (χ1n) is 42.6. The predicted molar refractivity (Wildman–Crippen MR) is 492 cm³/mol. The minimum atomic E-state index is -4.65. The maximum Gasteiger partial charge on any atom is 0.433 e. The van der Waals surface area contributed by atoms with E-state index in [1.165, 1.54) is 57.5 Å². The molecule has 2 aliphatic carbocycles. The smallest absolute Gasteiger partial charge is 0.433 e. The summed E-state index contributed by atoms with van der Waals surface area (Å²) in [5.41, 5.74) is 5.04. The summed E-state index contributed by atoms with van der Waals surface area (Å²) in [6.07, 6.45) is -1.07. The molecule has 0 aliphatic heterocycles. The van der Waals surface area contributed by atoms with Crippen molar-refractivity contribution in [1.82, 2.24) is 83.7 Å². The molecule has 0 saturated heterocycles. The number of alkyl halides is 3. The number of nitrogens with one attached hydrogen (secondary N) is 12. The Morgan fingerprint density at radius 3 is 0.963 bits per heavy atom. The van der Waals surface area contributed by atoms with E-state index in [-0.39, 0.29) is 124 Å². The van der Waals surface area contributed by atoms with Crippen LogP contribution in [0.2, 0.25) is 5.15 Å². The Bertz CT molecular complexity index is 5870. The van der Waals surface area contributed by atoms with Gasteiger partial charge in [0.15, 0.2) is 23.0 Å². The van der Waals surface area contributed by atoms with Crippen LogP contribution in [0.4, 0.5) is 17.6 Å². The number of likely N-dealkylation sites (N-methyl/N-ethyl adjacent to an activating group) is 4. The topological polar surface area (TPSA) is 453 Å². The molecule has 0 bridgehead atoms. The summed E-state index contributed by atoms with van der Waals surface area (Å²) in [6.45, 7) is 8.18. The van der Waals surface area contributed by atoms with Crippen LogP contribution < -0.4 is 63.8 Å². The highest BCUT2D eigenvalue weighted by molar-refractivity contribution is 9.10. The summed E-state index contributed by atoms with van der Waals surface area (Å²) < 4.78 is 75.2. The second-order valence-electron chi connectivity index (χ2n) is 31.6. The molecular formula is C97H96BrClF4N16O16. The molecule has 32 nitrogen and oxygen atoms in total. The minimum Gasteiger partial charge on any atom is -0.451 e. The molecule has 2 fully saturated rings. The van der Waals surface area contributed by atoms with Crippen LogP contribution in [-0.4, -0.2) is 143 Å². The Hall–Kier alpha value is -15.3. The maximum atomic E-state index is 13.2. The van der Waals surface area contributed by atoms with Crippen molar-refractivity contribution in [3.8, 4) is 45.3 Å². The third kappa shape index (κ3) is 28.9. The molecule has 14 rings (SSSR count). The molecule has 12 amide bonds. The van der Waals surface area contributed by atoms with Gasteiger partial charge in [0, 0.05) is 76.6 Å². The van der Waals surface area contributed by atoms with E-state index in [9.17, 15) is 75.1 Å². The minimum absolute atomic E-state index is 0.00991. The lowest BCUT2D eigenvalue weighted by molar-refractivity contribution is -0.141. The Morgan fingerprint density at radius 2 is 0.659 bits per heavy atom. The van der Waals surface area contributed by atoms with E-state index in [2.05, 4.69) is 99.7 Å². The van der Waals surface area contributed by atoms with Gasteiger partial charge >= 0.3 is 6.18 Å². The van der Waals surface area contributed by atoms with Crippen molar-refractivity contribution in [3.05, 3.63) is 308 Å². The molecule has 135 heavy (non-hydrogen) atoms. The molecule has 4 aromatic carbocycles. The summed E-state index contributed by atoms with van der Waals surface area (Å²) in [6, 6.07) is 56.5. The van der Waals surface area contributed by atoms with Gasteiger partial charge < -0.3 is 81.5 Å². The van der Waals surface area contributed by atoms with Crippen molar-refractivity contribution in [1.29, 1.82) is 0 Å². The fraction of sp³-hybridized carbons (Fsp3) is 0.258. The number of furan rings is 4. The SMILES string of the molecule is CNC(=O)[C@@H](NC(=O)c1ccc(-c2cccc(CNC(=O)c3cccc(Br)n3)c2)o1)C1CC1.CNC(=O)[C@@H](NC(=O)c1ccc(-c2cccc(CNC(=O)c3cccc(C(F)(F)F)n3)c2)o1)C1CC1.CNC(=O)[C@@H](NC(=O)c1ccc(-c2cccc(CNC(=O)c3cccc(Cl)n3)c2)o1)C(C)C.CNC(=O)[C@@H](NC(=O)c1ccc(-c2cccc(CNC(=O)c3cccc(F)n3)c2)o1)C(C)C.